The number of hydrogen-bond donors (Lipinski definition) is 1. The van der Waals surface area contributed by atoms with Crippen molar-refractivity contribution in [3.63, 3.8) is 0 Å². The fourth-order valence-electron chi connectivity index (χ4n) is 1.41. The van der Waals surface area contributed by atoms with E-state index in [1.807, 2.05) is 0 Å². The summed E-state index contributed by atoms with van der Waals surface area (Å²) in [5.74, 6) is -4.98. The molecule has 4 nitrogen and oxygen atoms in total. The Balaban J connectivity index is 3.36. The van der Waals surface area contributed by atoms with Gasteiger partial charge in [0.1, 0.15) is 16.3 Å². The van der Waals surface area contributed by atoms with E-state index in [9.17, 15) is 22.0 Å². The third-order valence-corrected chi connectivity index (χ3v) is 4.18. The molecule has 1 rings (SSSR count). The number of hydrogen-bond acceptors (Lipinski definition) is 3. The van der Waals surface area contributed by atoms with Crippen LogP contribution in [-0.2, 0) is 9.84 Å². The number of rotatable bonds is 5. The predicted octanol–water partition coefficient (Wildman–Crippen LogP) is 2.24. The van der Waals surface area contributed by atoms with Crippen LogP contribution in [0.15, 0.2) is 17.0 Å². The number of aromatic carboxylic acids is 1. The first kappa shape index (κ1) is 14.6. The maximum atomic E-state index is 13.7. The highest BCUT2D eigenvalue weighted by Gasteiger charge is 2.26. The lowest BCUT2D eigenvalue weighted by Gasteiger charge is -2.07. The van der Waals surface area contributed by atoms with Crippen LogP contribution in [0.1, 0.15) is 30.1 Å². The fraction of sp³-hybridized carbons (Fsp3) is 0.364. The van der Waals surface area contributed by atoms with Gasteiger partial charge in [-0.05, 0) is 18.6 Å². The van der Waals surface area contributed by atoms with Gasteiger partial charge in [0.25, 0.3) is 0 Å². The molecule has 0 spiro atoms. The molecule has 18 heavy (non-hydrogen) atoms. The standard InChI is InChI=1S/C11H12F2O4S/c1-2-3-6-18(16,17)8-5-4-7(12)9(10(8)13)11(14)15/h4-5H,2-3,6H2,1H3,(H,14,15). The Morgan fingerprint density at radius 2 is 1.94 bits per heavy atom. The van der Waals surface area contributed by atoms with Crippen molar-refractivity contribution >= 4 is 15.8 Å². The molecule has 0 atom stereocenters. The molecular formula is C11H12F2O4S. The van der Waals surface area contributed by atoms with Crippen molar-refractivity contribution in [3.8, 4) is 0 Å². The Morgan fingerprint density at radius 3 is 2.44 bits per heavy atom. The van der Waals surface area contributed by atoms with E-state index in [0.29, 0.717) is 18.9 Å². The average Bonchev–Trinajstić information content (AvgIpc) is 2.25. The molecule has 0 radical (unpaired) electrons. The summed E-state index contributed by atoms with van der Waals surface area (Å²) in [6.07, 6.45) is 0.912. The van der Waals surface area contributed by atoms with E-state index in [1.165, 1.54) is 0 Å². The molecule has 0 bridgehead atoms. The van der Waals surface area contributed by atoms with E-state index < -0.39 is 37.9 Å². The lowest BCUT2D eigenvalue weighted by Crippen LogP contribution is -2.13. The van der Waals surface area contributed by atoms with E-state index in [2.05, 4.69) is 0 Å². The second kappa shape index (κ2) is 5.43. The number of carboxylic acids is 1. The van der Waals surface area contributed by atoms with Gasteiger partial charge in [0.05, 0.1) is 5.75 Å². The van der Waals surface area contributed by atoms with Crippen LogP contribution in [0.2, 0.25) is 0 Å². The van der Waals surface area contributed by atoms with Crippen LogP contribution < -0.4 is 0 Å². The van der Waals surface area contributed by atoms with Gasteiger partial charge in [0, 0.05) is 0 Å². The van der Waals surface area contributed by atoms with Crippen LogP contribution in [0.25, 0.3) is 0 Å². The largest absolute Gasteiger partial charge is 0.477 e. The number of unbranched alkanes of at least 4 members (excludes halogenated alkanes) is 1. The van der Waals surface area contributed by atoms with Crippen LogP contribution in [0.5, 0.6) is 0 Å². The number of carboxylic acid groups (broad SMARTS) is 1. The van der Waals surface area contributed by atoms with Gasteiger partial charge in [-0.25, -0.2) is 22.0 Å². The van der Waals surface area contributed by atoms with Gasteiger partial charge in [-0.2, -0.15) is 0 Å². The summed E-state index contributed by atoms with van der Waals surface area (Å²) < 4.78 is 50.3. The Hall–Kier alpha value is -1.50. The molecule has 1 N–H and O–H groups in total. The monoisotopic (exact) mass is 278 g/mol. The van der Waals surface area contributed by atoms with E-state index >= 15 is 0 Å². The summed E-state index contributed by atoms with van der Waals surface area (Å²) in [4.78, 5) is 9.89. The molecule has 0 aliphatic rings. The second-order valence-electron chi connectivity index (χ2n) is 3.71. The van der Waals surface area contributed by atoms with E-state index in [4.69, 9.17) is 5.11 Å². The zero-order valence-corrected chi connectivity index (χ0v) is 10.4. The summed E-state index contributed by atoms with van der Waals surface area (Å²) in [5.41, 5.74) is -1.24. The first-order valence-corrected chi connectivity index (χ1v) is 6.90. The molecule has 100 valence electrons. The highest BCUT2D eigenvalue weighted by atomic mass is 32.2. The maximum absolute atomic E-state index is 13.7. The number of halogens is 2. The highest BCUT2D eigenvalue weighted by molar-refractivity contribution is 7.91. The van der Waals surface area contributed by atoms with Gasteiger partial charge in [-0.3, -0.25) is 0 Å². The van der Waals surface area contributed by atoms with Crippen molar-refractivity contribution in [1.82, 2.24) is 0 Å². The van der Waals surface area contributed by atoms with Crippen molar-refractivity contribution in [3.05, 3.63) is 29.3 Å². The first-order valence-electron chi connectivity index (χ1n) is 5.25. The zero-order chi connectivity index (χ0) is 13.9. The van der Waals surface area contributed by atoms with Gasteiger partial charge >= 0.3 is 5.97 Å². The van der Waals surface area contributed by atoms with Crippen molar-refractivity contribution in [1.29, 1.82) is 0 Å². The molecule has 1 aromatic carbocycles. The fourth-order valence-corrected chi connectivity index (χ4v) is 2.95. The van der Waals surface area contributed by atoms with Crippen molar-refractivity contribution in [2.24, 2.45) is 0 Å². The Kier molecular flexibility index (Phi) is 4.39. The second-order valence-corrected chi connectivity index (χ2v) is 5.79. The third kappa shape index (κ3) is 2.84. The van der Waals surface area contributed by atoms with Gasteiger partial charge < -0.3 is 5.11 Å². The summed E-state index contributed by atoms with van der Waals surface area (Å²) >= 11 is 0. The minimum atomic E-state index is -3.93. The summed E-state index contributed by atoms with van der Waals surface area (Å²) in [6, 6.07) is 1.40. The maximum Gasteiger partial charge on any atom is 0.341 e. The molecule has 0 fully saturated rings. The van der Waals surface area contributed by atoms with Crippen molar-refractivity contribution < 1.29 is 27.1 Å². The Labute approximate surface area is 103 Å². The SMILES string of the molecule is CCCCS(=O)(=O)c1ccc(F)c(C(=O)O)c1F. The van der Waals surface area contributed by atoms with Crippen LogP contribution in [0.4, 0.5) is 8.78 Å². The Bertz CT molecular complexity index is 567. The number of sulfone groups is 1. The highest BCUT2D eigenvalue weighted by Crippen LogP contribution is 2.22. The van der Waals surface area contributed by atoms with Gasteiger partial charge in [0.15, 0.2) is 15.7 Å². The average molecular weight is 278 g/mol. The summed E-state index contributed by atoms with van der Waals surface area (Å²) in [6.45, 7) is 1.76. The molecule has 7 heteroatoms. The molecule has 0 unspecified atom stereocenters. The van der Waals surface area contributed by atoms with Crippen molar-refractivity contribution in [2.45, 2.75) is 24.7 Å². The van der Waals surface area contributed by atoms with Crippen LogP contribution in [0, 0.1) is 11.6 Å². The van der Waals surface area contributed by atoms with Crippen LogP contribution in [-0.4, -0.2) is 25.2 Å². The molecule has 1 aromatic rings. The van der Waals surface area contributed by atoms with Crippen LogP contribution in [0.3, 0.4) is 0 Å². The first-order chi connectivity index (χ1) is 8.31. The lowest BCUT2D eigenvalue weighted by atomic mass is 10.2. The summed E-state index contributed by atoms with van der Waals surface area (Å²) in [7, 11) is -3.93. The minimum Gasteiger partial charge on any atom is -0.477 e. The van der Waals surface area contributed by atoms with Crippen LogP contribution >= 0.6 is 0 Å². The molecule has 0 saturated heterocycles. The van der Waals surface area contributed by atoms with Crippen molar-refractivity contribution in [2.75, 3.05) is 5.75 Å². The number of benzene rings is 1. The Morgan fingerprint density at radius 1 is 1.33 bits per heavy atom. The quantitative estimate of drug-likeness (QED) is 0.838. The van der Waals surface area contributed by atoms with E-state index in [-0.39, 0.29) is 5.75 Å². The molecular weight excluding hydrogens is 266 g/mol. The number of carbonyl (C=O) groups is 1. The predicted molar refractivity (Wildman–Crippen MR) is 60.3 cm³/mol. The van der Waals surface area contributed by atoms with Gasteiger partial charge in [0.2, 0.25) is 0 Å². The molecule has 0 aliphatic heterocycles. The summed E-state index contributed by atoms with van der Waals surface area (Å²) in [5, 5.41) is 8.64. The third-order valence-electron chi connectivity index (χ3n) is 2.37. The smallest absolute Gasteiger partial charge is 0.341 e. The molecule has 0 aromatic heterocycles. The molecule has 0 aliphatic carbocycles. The van der Waals surface area contributed by atoms with E-state index in [0.717, 1.165) is 6.07 Å². The lowest BCUT2D eigenvalue weighted by molar-refractivity contribution is 0.0685. The zero-order valence-electron chi connectivity index (χ0n) is 9.61. The van der Waals surface area contributed by atoms with Gasteiger partial charge in [-0.15, -0.1) is 0 Å². The molecule has 0 heterocycles. The van der Waals surface area contributed by atoms with Gasteiger partial charge in [-0.1, -0.05) is 13.3 Å². The molecule has 0 amide bonds. The minimum absolute atomic E-state index is 0.300. The van der Waals surface area contributed by atoms with E-state index in [1.54, 1.807) is 6.92 Å². The topological polar surface area (TPSA) is 71.4 Å². The normalized spacial score (nSPS) is 11.5. The molecule has 0 saturated carbocycles.